The van der Waals surface area contributed by atoms with Gasteiger partial charge in [-0.15, -0.1) is 0 Å². The van der Waals surface area contributed by atoms with E-state index in [1.807, 2.05) is 30.3 Å². The number of carbonyl (C=O) groups excluding carboxylic acids is 3. The van der Waals surface area contributed by atoms with Gasteiger partial charge >= 0.3 is 6.03 Å². The summed E-state index contributed by atoms with van der Waals surface area (Å²) in [6.07, 6.45) is 1.36. The summed E-state index contributed by atoms with van der Waals surface area (Å²) in [7, 11) is 1.44. The molecule has 11 nitrogen and oxygen atoms in total. The highest BCUT2D eigenvalue weighted by Crippen LogP contribution is 2.31. The van der Waals surface area contributed by atoms with Crippen molar-refractivity contribution in [3.8, 4) is 17.2 Å². The number of methoxy groups -OCH3 is 1. The molecule has 4 aromatic carbocycles. The molecule has 11 heteroatoms. The van der Waals surface area contributed by atoms with Gasteiger partial charge in [0.15, 0.2) is 11.5 Å². The maximum absolute atomic E-state index is 13.3. The molecule has 1 N–H and O–H groups in total. The molecule has 5 rings (SSSR count). The van der Waals surface area contributed by atoms with Crippen LogP contribution in [0.3, 0.4) is 0 Å². The van der Waals surface area contributed by atoms with E-state index >= 15 is 0 Å². The second-order valence-corrected chi connectivity index (χ2v) is 9.35. The Labute approximate surface area is 246 Å². The van der Waals surface area contributed by atoms with E-state index in [1.54, 1.807) is 54.6 Å². The number of nitro groups is 1. The maximum Gasteiger partial charge on any atom is 0.335 e. The van der Waals surface area contributed by atoms with E-state index in [0.717, 1.165) is 10.5 Å². The first-order valence-corrected chi connectivity index (χ1v) is 13.0. The van der Waals surface area contributed by atoms with Gasteiger partial charge in [-0.2, -0.15) is 0 Å². The Balaban J connectivity index is 1.30. The molecule has 1 aliphatic heterocycles. The number of non-ortho nitro benzene ring substituents is 1. The monoisotopic (exact) mass is 579 g/mol. The van der Waals surface area contributed by atoms with Crippen LogP contribution in [0.25, 0.3) is 6.08 Å². The number of anilines is 1. The lowest BCUT2D eigenvalue weighted by Gasteiger charge is -2.26. The molecular weight excluding hydrogens is 554 g/mol. The fraction of sp³-hybridized carbons (Fsp3) is 0.0938. The molecule has 216 valence electrons. The van der Waals surface area contributed by atoms with Gasteiger partial charge in [-0.1, -0.05) is 36.4 Å². The van der Waals surface area contributed by atoms with Gasteiger partial charge in [0.05, 0.1) is 17.7 Å². The molecule has 43 heavy (non-hydrogen) atoms. The highest BCUT2D eigenvalue weighted by Gasteiger charge is 2.36. The lowest BCUT2D eigenvalue weighted by Crippen LogP contribution is -2.54. The van der Waals surface area contributed by atoms with E-state index < -0.39 is 22.8 Å². The summed E-state index contributed by atoms with van der Waals surface area (Å²) < 4.78 is 17.0. The first-order chi connectivity index (χ1) is 20.8. The van der Waals surface area contributed by atoms with Crippen LogP contribution in [0.1, 0.15) is 16.7 Å². The zero-order valence-corrected chi connectivity index (χ0v) is 22.9. The van der Waals surface area contributed by atoms with Crippen LogP contribution in [0.5, 0.6) is 17.2 Å². The van der Waals surface area contributed by atoms with Crippen molar-refractivity contribution >= 4 is 35.3 Å². The third-order valence-electron chi connectivity index (χ3n) is 6.49. The maximum atomic E-state index is 13.3. The van der Waals surface area contributed by atoms with Crippen LogP contribution in [-0.2, 0) is 22.8 Å². The van der Waals surface area contributed by atoms with Gasteiger partial charge in [0.25, 0.3) is 17.5 Å². The number of hydrogen-bond acceptors (Lipinski definition) is 8. The van der Waals surface area contributed by atoms with Crippen molar-refractivity contribution in [2.75, 3.05) is 12.0 Å². The highest BCUT2D eigenvalue weighted by molar-refractivity contribution is 6.39. The summed E-state index contributed by atoms with van der Waals surface area (Å²) >= 11 is 0. The normalized spacial score (nSPS) is 13.9. The predicted octanol–water partition coefficient (Wildman–Crippen LogP) is 5.43. The molecule has 1 aliphatic rings. The highest BCUT2D eigenvalue weighted by atomic mass is 16.6. The van der Waals surface area contributed by atoms with Gasteiger partial charge in [-0.3, -0.25) is 25.0 Å². The van der Waals surface area contributed by atoms with Crippen molar-refractivity contribution in [2.24, 2.45) is 0 Å². The van der Waals surface area contributed by atoms with E-state index in [2.05, 4.69) is 5.32 Å². The summed E-state index contributed by atoms with van der Waals surface area (Å²) in [5, 5.41) is 13.1. The Morgan fingerprint density at radius 2 is 1.49 bits per heavy atom. The van der Waals surface area contributed by atoms with Crippen molar-refractivity contribution in [3.63, 3.8) is 0 Å². The molecule has 1 heterocycles. The number of carbonyl (C=O) groups is 3. The summed E-state index contributed by atoms with van der Waals surface area (Å²) in [6.45, 7) is 0.484. The summed E-state index contributed by atoms with van der Waals surface area (Å²) in [5.41, 5.74) is 2.16. The molecule has 0 saturated carbocycles. The molecule has 0 spiro atoms. The average Bonchev–Trinajstić information content (AvgIpc) is 3.02. The number of rotatable bonds is 10. The fourth-order valence-corrected chi connectivity index (χ4v) is 4.26. The zero-order valence-electron chi connectivity index (χ0n) is 22.9. The fourth-order valence-electron chi connectivity index (χ4n) is 4.26. The Morgan fingerprint density at radius 3 is 2.16 bits per heavy atom. The standard InChI is InChI=1S/C32H25N3O8/c1-41-29-18-23(9-16-28(29)43-20-22-7-10-25(11-8-22)35(39)40)17-27-30(36)33-32(38)34(31(27)37)24-12-14-26(15-13-24)42-19-21-5-3-2-4-6-21/h2-18H,19-20H2,1H3,(H,33,36,38)/b27-17+. The predicted molar refractivity (Wildman–Crippen MR) is 157 cm³/mol. The summed E-state index contributed by atoms with van der Waals surface area (Å²) in [5.74, 6) is -0.351. The van der Waals surface area contributed by atoms with Gasteiger partial charge < -0.3 is 14.2 Å². The number of hydrogen-bond donors (Lipinski definition) is 1. The van der Waals surface area contributed by atoms with Crippen molar-refractivity contribution in [1.29, 1.82) is 0 Å². The number of ether oxygens (including phenoxy) is 3. The first-order valence-electron chi connectivity index (χ1n) is 13.0. The zero-order chi connectivity index (χ0) is 30.3. The molecule has 0 unspecified atom stereocenters. The SMILES string of the molecule is COc1cc(/C=C2\C(=O)NC(=O)N(c3ccc(OCc4ccccc4)cc3)C2=O)ccc1OCc1ccc([N+](=O)[O-])cc1. The molecule has 0 aromatic heterocycles. The van der Waals surface area contributed by atoms with Gasteiger partial charge in [0.1, 0.15) is 24.5 Å². The first kappa shape index (κ1) is 28.6. The number of urea groups is 1. The topological polar surface area (TPSA) is 137 Å². The van der Waals surface area contributed by atoms with Crippen molar-refractivity contribution in [3.05, 3.63) is 129 Å². The minimum absolute atomic E-state index is 0.0230. The molecule has 0 atom stereocenters. The Morgan fingerprint density at radius 1 is 0.814 bits per heavy atom. The van der Waals surface area contributed by atoms with Gasteiger partial charge in [0, 0.05) is 12.1 Å². The Hall–Kier alpha value is -5.97. The molecule has 4 amide bonds. The van der Waals surface area contributed by atoms with E-state index in [0.29, 0.717) is 35.0 Å². The summed E-state index contributed by atoms with van der Waals surface area (Å²) in [4.78, 5) is 49.9. The molecule has 4 aromatic rings. The van der Waals surface area contributed by atoms with Crippen LogP contribution in [0.2, 0.25) is 0 Å². The number of nitrogens with one attached hydrogen (secondary N) is 1. The quantitative estimate of drug-likeness (QED) is 0.114. The van der Waals surface area contributed by atoms with Crippen molar-refractivity contribution in [2.45, 2.75) is 13.2 Å². The van der Waals surface area contributed by atoms with E-state index in [4.69, 9.17) is 14.2 Å². The molecule has 1 fully saturated rings. The number of amides is 4. The van der Waals surface area contributed by atoms with Crippen LogP contribution < -0.4 is 24.4 Å². The van der Waals surface area contributed by atoms with Crippen LogP contribution in [-0.4, -0.2) is 29.9 Å². The molecular formula is C32H25N3O8. The van der Waals surface area contributed by atoms with Crippen LogP contribution in [0.15, 0.2) is 103 Å². The Kier molecular flexibility index (Phi) is 8.43. The third-order valence-corrected chi connectivity index (χ3v) is 6.49. The third kappa shape index (κ3) is 6.68. The molecule has 1 saturated heterocycles. The second-order valence-electron chi connectivity index (χ2n) is 9.35. The number of nitrogens with zero attached hydrogens (tertiary/aromatic N) is 2. The van der Waals surface area contributed by atoms with Crippen molar-refractivity contribution in [1.82, 2.24) is 5.32 Å². The van der Waals surface area contributed by atoms with Crippen LogP contribution in [0, 0.1) is 10.1 Å². The van der Waals surface area contributed by atoms with E-state index in [9.17, 15) is 24.5 Å². The molecule has 0 aliphatic carbocycles. The lowest BCUT2D eigenvalue weighted by atomic mass is 10.1. The van der Waals surface area contributed by atoms with Gasteiger partial charge in [-0.25, -0.2) is 9.69 Å². The van der Waals surface area contributed by atoms with Gasteiger partial charge in [0.2, 0.25) is 0 Å². The smallest absolute Gasteiger partial charge is 0.335 e. The summed E-state index contributed by atoms with van der Waals surface area (Å²) in [6, 6.07) is 25.9. The second kappa shape index (κ2) is 12.7. The van der Waals surface area contributed by atoms with E-state index in [-0.39, 0.29) is 23.6 Å². The van der Waals surface area contributed by atoms with Crippen molar-refractivity contribution < 1.29 is 33.5 Å². The number of benzene rings is 4. The minimum atomic E-state index is -0.863. The Bertz CT molecular complexity index is 1700. The minimum Gasteiger partial charge on any atom is -0.493 e. The van der Waals surface area contributed by atoms with Crippen LogP contribution >= 0.6 is 0 Å². The van der Waals surface area contributed by atoms with E-state index in [1.165, 1.54) is 25.3 Å². The average molecular weight is 580 g/mol. The lowest BCUT2D eigenvalue weighted by molar-refractivity contribution is -0.384. The number of nitro benzene ring substituents is 1. The number of barbiturate groups is 1. The molecule has 0 bridgehead atoms. The van der Waals surface area contributed by atoms with Crippen LogP contribution in [0.4, 0.5) is 16.2 Å². The molecule has 0 radical (unpaired) electrons. The van der Waals surface area contributed by atoms with Gasteiger partial charge in [-0.05, 0) is 71.3 Å². The number of imide groups is 2. The largest absolute Gasteiger partial charge is 0.493 e.